The third kappa shape index (κ3) is 2.49. The molecule has 0 spiro atoms. The summed E-state index contributed by atoms with van der Waals surface area (Å²) in [5.41, 5.74) is 3.38. The van der Waals surface area contributed by atoms with Gasteiger partial charge in [0.25, 0.3) is 0 Å². The van der Waals surface area contributed by atoms with E-state index in [4.69, 9.17) is 4.74 Å². The third-order valence-corrected chi connectivity index (χ3v) is 5.24. The van der Waals surface area contributed by atoms with Crippen LogP contribution in [-0.2, 0) is 17.8 Å². The van der Waals surface area contributed by atoms with Gasteiger partial charge in [0.1, 0.15) is 0 Å². The zero-order valence-electron chi connectivity index (χ0n) is 12.9. The van der Waals surface area contributed by atoms with Crippen molar-refractivity contribution < 1.29 is 9.53 Å². The van der Waals surface area contributed by atoms with Crippen molar-refractivity contribution in [2.45, 2.75) is 63.6 Å². The lowest BCUT2D eigenvalue weighted by molar-refractivity contribution is 0.108. The maximum Gasteiger partial charge on any atom is 0.318 e. The molecule has 1 saturated heterocycles. The smallest absolute Gasteiger partial charge is 0.318 e. The molecule has 2 fully saturated rings. The van der Waals surface area contributed by atoms with E-state index in [-0.39, 0.29) is 12.1 Å². The molecule has 120 valence electrons. The molecule has 2 amide bonds. The highest BCUT2D eigenvalue weighted by Crippen LogP contribution is 2.35. The Kier molecular flexibility index (Phi) is 3.78. The largest absolute Gasteiger partial charge is 0.376 e. The van der Waals surface area contributed by atoms with E-state index < -0.39 is 0 Å². The Morgan fingerprint density at radius 1 is 1.27 bits per heavy atom. The number of H-pyrrole nitrogens is 1. The van der Waals surface area contributed by atoms with E-state index in [1.54, 1.807) is 0 Å². The first kappa shape index (κ1) is 14.1. The highest BCUT2D eigenvalue weighted by Gasteiger charge is 2.35. The van der Waals surface area contributed by atoms with Crippen LogP contribution >= 0.6 is 0 Å². The van der Waals surface area contributed by atoms with Crippen molar-refractivity contribution in [1.82, 2.24) is 20.4 Å². The average molecular weight is 304 g/mol. The van der Waals surface area contributed by atoms with Crippen molar-refractivity contribution >= 4 is 6.03 Å². The number of amides is 2. The van der Waals surface area contributed by atoms with Gasteiger partial charge in [-0.2, -0.15) is 5.10 Å². The molecule has 0 bridgehead atoms. The summed E-state index contributed by atoms with van der Waals surface area (Å²) >= 11 is 0. The lowest BCUT2D eigenvalue weighted by atomic mass is 10.0. The van der Waals surface area contributed by atoms with Gasteiger partial charge < -0.3 is 15.0 Å². The second-order valence-electron chi connectivity index (χ2n) is 6.65. The molecular formula is C16H24N4O2. The van der Waals surface area contributed by atoms with Gasteiger partial charge in [-0.3, -0.25) is 5.10 Å². The van der Waals surface area contributed by atoms with Gasteiger partial charge in [0.2, 0.25) is 0 Å². The minimum absolute atomic E-state index is 0.0860. The zero-order valence-corrected chi connectivity index (χ0v) is 12.9. The predicted molar refractivity (Wildman–Crippen MR) is 81.4 cm³/mol. The van der Waals surface area contributed by atoms with Crippen molar-refractivity contribution in [2.24, 2.45) is 0 Å². The van der Waals surface area contributed by atoms with Gasteiger partial charge >= 0.3 is 6.03 Å². The molecule has 1 aromatic rings. The molecule has 3 aliphatic rings. The fraction of sp³-hybridized carbons (Fsp3) is 0.750. The molecule has 2 aliphatic heterocycles. The molecule has 6 nitrogen and oxygen atoms in total. The van der Waals surface area contributed by atoms with Gasteiger partial charge in [0, 0.05) is 30.3 Å². The summed E-state index contributed by atoms with van der Waals surface area (Å²) in [7, 11) is 0. The fourth-order valence-corrected chi connectivity index (χ4v) is 4.03. The van der Waals surface area contributed by atoms with Crippen LogP contribution in [0.5, 0.6) is 0 Å². The van der Waals surface area contributed by atoms with E-state index in [9.17, 15) is 4.79 Å². The Morgan fingerprint density at radius 2 is 2.14 bits per heavy atom. The number of hydrogen-bond donors (Lipinski definition) is 2. The van der Waals surface area contributed by atoms with Crippen LogP contribution in [0.4, 0.5) is 4.79 Å². The zero-order chi connectivity index (χ0) is 14.9. The summed E-state index contributed by atoms with van der Waals surface area (Å²) in [6.07, 6.45) is 7.65. The molecule has 1 aromatic heterocycles. The van der Waals surface area contributed by atoms with Crippen molar-refractivity contribution in [1.29, 1.82) is 0 Å². The van der Waals surface area contributed by atoms with E-state index in [1.165, 1.54) is 24.1 Å². The molecule has 2 N–H and O–H groups in total. The minimum atomic E-state index is 0.0860. The van der Waals surface area contributed by atoms with Gasteiger partial charge in [-0.25, -0.2) is 4.79 Å². The lowest BCUT2D eigenvalue weighted by Gasteiger charge is -2.26. The van der Waals surface area contributed by atoms with Gasteiger partial charge in [-0.15, -0.1) is 0 Å². The maximum absolute atomic E-state index is 12.6. The summed E-state index contributed by atoms with van der Waals surface area (Å²) in [6.45, 7) is 2.20. The van der Waals surface area contributed by atoms with E-state index in [0.29, 0.717) is 12.6 Å². The SMILES string of the molecule is O=C(NC1CCCC1)N1CCCC1c1n[nH]c2c1COCC2. The molecule has 3 heterocycles. The highest BCUT2D eigenvalue weighted by atomic mass is 16.5. The molecule has 1 atom stereocenters. The summed E-state index contributed by atoms with van der Waals surface area (Å²) in [6, 6.07) is 0.552. The number of ether oxygens (including phenoxy) is 1. The van der Waals surface area contributed by atoms with Crippen molar-refractivity contribution in [3.05, 3.63) is 17.0 Å². The first-order valence-electron chi connectivity index (χ1n) is 8.54. The first-order valence-corrected chi connectivity index (χ1v) is 8.54. The lowest BCUT2D eigenvalue weighted by Crippen LogP contribution is -2.43. The maximum atomic E-state index is 12.6. The molecule has 0 aromatic carbocycles. The van der Waals surface area contributed by atoms with Gasteiger partial charge in [0.15, 0.2) is 0 Å². The Bertz CT molecular complexity index is 550. The van der Waals surface area contributed by atoms with Crippen LogP contribution in [0, 0.1) is 0 Å². The number of hydrogen-bond acceptors (Lipinski definition) is 3. The Hall–Kier alpha value is -1.56. The molecule has 1 unspecified atom stereocenters. The van der Waals surface area contributed by atoms with Crippen molar-refractivity contribution in [3.8, 4) is 0 Å². The molecule has 4 rings (SSSR count). The van der Waals surface area contributed by atoms with Gasteiger partial charge in [-0.05, 0) is 25.7 Å². The van der Waals surface area contributed by atoms with E-state index in [0.717, 1.165) is 50.9 Å². The number of carbonyl (C=O) groups is 1. The molecule has 22 heavy (non-hydrogen) atoms. The number of aromatic nitrogens is 2. The number of fused-ring (bicyclic) bond motifs is 1. The third-order valence-electron chi connectivity index (χ3n) is 5.24. The van der Waals surface area contributed by atoms with Crippen LogP contribution in [0.3, 0.4) is 0 Å². The highest BCUT2D eigenvalue weighted by molar-refractivity contribution is 5.75. The quantitative estimate of drug-likeness (QED) is 0.880. The molecule has 1 aliphatic carbocycles. The second-order valence-corrected chi connectivity index (χ2v) is 6.65. The predicted octanol–water partition coefficient (Wildman–Crippen LogP) is 2.27. The Balaban J connectivity index is 1.50. The van der Waals surface area contributed by atoms with Crippen LogP contribution in [0.25, 0.3) is 0 Å². The minimum Gasteiger partial charge on any atom is -0.376 e. The van der Waals surface area contributed by atoms with Crippen LogP contribution in [0.1, 0.15) is 61.5 Å². The molecule has 1 saturated carbocycles. The summed E-state index contributed by atoms with van der Waals surface area (Å²) in [4.78, 5) is 14.6. The van der Waals surface area contributed by atoms with Crippen molar-refractivity contribution in [2.75, 3.05) is 13.2 Å². The average Bonchev–Trinajstić information content (AvgIpc) is 3.26. The fourth-order valence-electron chi connectivity index (χ4n) is 4.03. The number of nitrogens with zero attached hydrogens (tertiary/aromatic N) is 2. The number of urea groups is 1. The topological polar surface area (TPSA) is 70.2 Å². The van der Waals surface area contributed by atoms with Crippen LogP contribution < -0.4 is 5.32 Å². The van der Waals surface area contributed by atoms with Crippen LogP contribution in [0.2, 0.25) is 0 Å². The van der Waals surface area contributed by atoms with E-state index in [2.05, 4.69) is 15.5 Å². The van der Waals surface area contributed by atoms with Crippen LogP contribution in [0.15, 0.2) is 0 Å². The van der Waals surface area contributed by atoms with Crippen LogP contribution in [-0.4, -0.2) is 40.3 Å². The number of aromatic amines is 1. The van der Waals surface area contributed by atoms with E-state index >= 15 is 0 Å². The molecule has 6 heteroatoms. The number of carbonyl (C=O) groups excluding carboxylic acids is 1. The van der Waals surface area contributed by atoms with E-state index in [1.807, 2.05) is 4.90 Å². The summed E-state index contributed by atoms with van der Waals surface area (Å²) < 4.78 is 5.58. The summed E-state index contributed by atoms with van der Waals surface area (Å²) in [5, 5.41) is 10.9. The van der Waals surface area contributed by atoms with Crippen molar-refractivity contribution in [3.63, 3.8) is 0 Å². The molecule has 0 radical (unpaired) electrons. The number of rotatable bonds is 2. The number of nitrogens with one attached hydrogen (secondary N) is 2. The normalized spacial score (nSPS) is 25.5. The number of likely N-dealkylation sites (tertiary alicyclic amines) is 1. The monoisotopic (exact) mass is 304 g/mol. The standard InChI is InChI=1S/C16H24N4O2/c21-16(17-11-4-1-2-5-11)20-8-3-6-14(20)15-12-10-22-9-7-13(12)18-19-15/h11,14H,1-10H2,(H,17,21)(H,18,19). The Labute approximate surface area is 130 Å². The first-order chi connectivity index (χ1) is 10.8. The van der Waals surface area contributed by atoms with Gasteiger partial charge in [0.05, 0.1) is 24.9 Å². The molecular weight excluding hydrogens is 280 g/mol. The van der Waals surface area contributed by atoms with Gasteiger partial charge in [-0.1, -0.05) is 12.8 Å². The Morgan fingerprint density at radius 3 is 3.00 bits per heavy atom. The summed E-state index contributed by atoms with van der Waals surface area (Å²) in [5.74, 6) is 0. The second kappa shape index (κ2) is 5.91.